The van der Waals surface area contributed by atoms with Crippen molar-refractivity contribution in [2.75, 3.05) is 20.4 Å². The van der Waals surface area contributed by atoms with Crippen molar-refractivity contribution in [3.05, 3.63) is 6.92 Å². The highest BCUT2D eigenvalue weighted by Crippen LogP contribution is 2.18. The average Bonchev–Trinajstić information content (AvgIpc) is 2.06. The molecule has 0 aromatic rings. The number of aliphatic hydroxyl groups excluding tert-OH is 3. The molecule has 0 saturated heterocycles. The van der Waals surface area contributed by atoms with Crippen LogP contribution < -0.4 is 0 Å². The first kappa shape index (κ1) is 11.8. The minimum atomic E-state index is -1.67. The van der Waals surface area contributed by atoms with E-state index in [1.54, 1.807) is 0 Å². The third-order valence-corrected chi connectivity index (χ3v) is 1.16. The molecule has 1 radical (unpaired) electrons. The van der Waals surface area contributed by atoms with Gasteiger partial charge in [-0.3, -0.25) is 0 Å². The molecule has 0 amide bonds. The second kappa shape index (κ2) is 6.30. The predicted molar refractivity (Wildman–Crippen MR) is 37.2 cm³/mol. The molecule has 0 aliphatic rings. The summed E-state index contributed by atoms with van der Waals surface area (Å²) >= 11 is 0. The monoisotopic (exact) mass is 181 g/mol. The van der Waals surface area contributed by atoms with Gasteiger partial charge in [0.1, 0.15) is 20.4 Å². The van der Waals surface area contributed by atoms with E-state index in [0.717, 1.165) is 0 Å². The van der Waals surface area contributed by atoms with E-state index < -0.39 is 26.4 Å². The van der Waals surface area contributed by atoms with Crippen molar-refractivity contribution in [2.45, 2.75) is 12.4 Å². The smallest absolute Gasteiger partial charge is 0.288 e. The van der Waals surface area contributed by atoms with E-state index in [-0.39, 0.29) is 6.42 Å². The largest absolute Gasteiger partial charge is 0.370 e. The first-order chi connectivity index (χ1) is 5.74. The molecule has 0 heterocycles. The van der Waals surface area contributed by atoms with Gasteiger partial charge in [-0.15, -0.1) is 0 Å². The highest BCUT2D eigenvalue weighted by molar-refractivity contribution is 4.57. The summed E-state index contributed by atoms with van der Waals surface area (Å²) < 4.78 is 13.8. The van der Waals surface area contributed by atoms with E-state index in [9.17, 15) is 0 Å². The summed E-state index contributed by atoms with van der Waals surface area (Å²) in [7, 11) is 0. The van der Waals surface area contributed by atoms with Crippen LogP contribution in [-0.2, 0) is 14.2 Å². The van der Waals surface area contributed by atoms with Crippen LogP contribution in [0.5, 0.6) is 0 Å². The Balaban J connectivity index is 4.06. The van der Waals surface area contributed by atoms with Crippen LogP contribution in [0.15, 0.2) is 0 Å². The van der Waals surface area contributed by atoms with Crippen LogP contribution in [0.2, 0.25) is 0 Å². The van der Waals surface area contributed by atoms with Crippen LogP contribution in [-0.4, -0.2) is 41.7 Å². The summed E-state index contributed by atoms with van der Waals surface area (Å²) in [5.74, 6) is -1.67. The van der Waals surface area contributed by atoms with Crippen LogP contribution in [0.1, 0.15) is 6.42 Å². The van der Waals surface area contributed by atoms with Gasteiger partial charge < -0.3 is 29.5 Å². The Kier molecular flexibility index (Phi) is 6.17. The molecule has 0 saturated carbocycles. The van der Waals surface area contributed by atoms with E-state index in [0.29, 0.717) is 0 Å². The van der Waals surface area contributed by atoms with Crippen molar-refractivity contribution in [3.63, 3.8) is 0 Å². The Morgan fingerprint density at radius 1 is 0.917 bits per heavy atom. The fourth-order valence-electron chi connectivity index (χ4n) is 0.637. The maximum absolute atomic E-state index is 8.41. The van der Waals surface area contributed by atoms with Crippen LogP contribution >= 0.6 is 0 Å². The molecule has 12 heavy (non-hydrogen) atoms. The Morgan fingerprint density at radius 2 is 1.25 bits per heavy atom. The van der Waals surface area contributed by atoms with Crippen LogP contribution in [0.4, 0.5) is 0 Å². The quantitative estimate of drug-likeness (QED) is 0.426. The van der Waals surface area contributed by atoms with Gasteiger partial charge in [-0.2, -0.15) is 0 Å². The summed E-state index contributed by atoms with van der Waals surface area (Å²) in [4.78, 5) is 0. The van der Waals surface area contributed by atoms with Crippen LogP contribution in [0.3, 0.4) is 0 Å². The minimum absolute atomic E-state index is 0.0192. The predicted octanol–water partition coefficient (Wildman–Crippen LogP) is -1.24. The maximum atomic E-state index is 8.41. The Labute approximate surface area is 70.3 Å². The summed E-state index contributed by atoms with van der Waals surface area (Å²) in [6, 6.07) is 0. The second-order valence-electron chi connectivity index (χ2n) is 1.75. The zero-order chi connectivity index (χ0) is 9.45. The molecule has 73 valence electrons. The van der Waals surface area contributed by atoms with Crippen molar-refractivity contribution in [3.8, 4) is 0 Å². The summed E-state index contributed by atoms with van der Waals surface area (Å²) in [6.07, 6.45) is -0.0192. The first-order valence-corrected chi connectivity index (χ1v) is 3.28. The molecule has 0 unspecified atom stereocenters. The van der Waals surface area contributed by atoms with Crippen molar-refractivity contribution < 1.29 is 29.5 Å². The van der Waals surface area contributed by atoms with Gasteiger partial charge in [-0.25, -0.2) is 0 Å². The van der Waals surface area contributed by atoms with E-state index in [2.05, 4.69) is 21.1 Å². The highest BCUT2D eigenvalue weighted by Gasteiger charge is 2.31. The van der Waals surface area contributed by atoms with Gasteiger partial charge >= 0.3 is 0 Å². The molecule has 0 fully saturated rings. The molecule has 0 aliphatic heterocycles. The number of hydrogen-bond acceptors (Lipinski definition) is 6. The fourth-order valence-corrected chi connectivity index (χ4v) is 0.637. The zero-order valence-corrected chi connectivity index (χ0v) is 6.60. The van der Waals surface area contributed by atoms with Gasteiger partial charge in [0.2, 0.25) is 0 Å². The Morgan fingerprint density at radius 3 is 1.42 bits per heavy atom. The SMILES string of the molecule is [CH2]CC(OCO)(OCO)OCO. The molecule has 0 spiro atoms. The number of hydrogen-bond donors (Lipinski definition) is 3. The summed E-state index contributed by atoms with van der Waals surface area (Å²) in [5.41, 5.74) is 0. The van der Waals surface area contributed by atoms with Gasteiger partial charge in [0.05, 0.1) is 0 Å². The Bertz CT molecular complexity index is 89.2. The lowest BCUT2D eigenvalue weighted by molar-refractivity contribution is -0.417. The van der Waals surface area contributed by atoms with Crippen molar-refractivity contribution in [2.24, 2.45) is 0 Å². The number of aliphatic hydroxyl groups is 3. The first-order valence-electron chi connectivity index (χ1n) is 3.28. The molecule has 0 aliphatic carbocycles. The molecule has 6 nitrogen and oxygen atoms in total. The van der Waals surface area contributed by atoms with Crippen LogP contribution in [0.25, 0.3) is 0 Å². The van der Waals surface area contributed by atoms with E-state index >= 15 is 0 Å². The highest BCUT2D eigenvalue weighted by atomic mass is 16.9. The van der Waals surface area contributed by atoms with Gasteiger partial charge in [0.25, 0.3) is 5.97 Å². The molecule has 6 heteroatoms. The van der Waals surface area contributed by atoms with Gasteiger partial charge in [0.15, 0.2) is 0 Å². The lowest BCUT2D eigenvalue weighted by Gasteiger charge is -2.29. The third kappa shape index (κ3) is 3.44. The number of rotatable bonds is 7. The third-order valence-electron chi connectivity index (χ3n) is 1.16. The van der Waals surface area contributed by atoms with Crippen molar-refractivity contribution in [1.29, 1.82) is 0 Å². The lowest BCUT2D eigenvalue weighted by Crippen LogP contribution is -2.39. The van der Waals surface area contributed by atoms with E-state index in [1.807, 2.05) is 0 Å². The normalized spacial score (nSPS) is 12.0. The topological polar surface area (TPSA) is 88.4 Å². The molecular formula is C6H13O6. The lowest BCUT2D eigenvalue weighted by atomic mass is 10.4. The molecule has 0 atom stereocenters. The van der Waals surface area contributed by atoms with Crippen molar-refractivity contribution >= 4 is 0 Å². The maximum Gasteiger partial charge on any atom is 0.288 e. The molecule has 0 aromatic carbocycles. The minimum Gasteiger partial charge on any atom is -0.370 e. The van der Waals surface area contributed by atoms with Crippen molar-refractivity contribution in [1.82, 2.24) is 0 Å². The average molecular weight is 181 g/mol. The van der Waals surface area contributed by atoms with E-state index in [4.69, 9.17) is 15.3 Å². The standard InChI is InChI=1S/C6H13O6/c1-2-6(10-3-7,11-4-8)12-5-9/h7-9H,1-5H2. The fraction of sp³-hybridized carbons (Fsp3) is 0.833. The Hall–Kier alpha value is -0.240. The molecule has 0 aromatic heterocycles. The second-order valence-corrected chi connectivity index (χ2v) is 1.75. The molecule has 3 N–H and O–H groups in total. The van der Waals surface area contributed by atoms with Gasteiger partial charge in [0, 0.05) is 6.42 Å². The van der Waals surface area contributed by atoms with E-state index in [1.165, 1.54) is 0 Å². The molecule has 0 rings (SSSR count). The number of ether oxygens (including phenoxy) is 3. The summed E-state index contributed by atoms with van der Waals surface area (Å²) in [6.45, 7) is 1.43. The molecule has 0 bridgehead atoms. The van der Waals surface area contributed by atoms with Gasteiger partial charge in [-0.1, -0.05) is 0 Å². The summed E-state index contributed by atoms with van der Waals surface area (Å²) in [5, 5.41) is 25.2. The zero-order valence-electron chi connectivity index (χ0n) is 6.60. The molecular weight excluding hydrogens is 168 g/mol. The van der Waals surface area contributed by atoms with Gasteiger partial charge in [-0.05, 0) is 6.92 Å². The van der Waals surface area contributed by atoms with Crippen LogP contribution in [0, 0.1) is 6.92 Å².